The number of H-pyrrole nitrogens is 1. The van der Waals surface area contributed by atoms with Crippen molar-refractivity contribution < 1.29 is 14.1 Å². The third kappa shape index (κ3) is 3.09. The number of hydrogen-bond acceptors (Lipinski definition) is 6. The average Bonchev–Trinajstić information content (AvgIpc) is 3.33. The van der Waals surface area contributed by atoms with E-state index in [-0.39, 0.29) is 24.3 Å². The van der Waals surface area contributed by atoms with Crippen molar-refractivity contribution in [2.45, 2.75) is 19.1 Å². The van der Waals surface area contributed by atoms with Crippen LogP contribution in [0.5, 0.6) is 0 Å². The minimum Gasteiger partial charge on any atom is -0.377 e. The Hall–Kier alpha value is -2.71. The first-order valence-electron chi connectivity index (χ1n) is 8.53. The van der Waals surface area contributed by atoms with Crippen molar-refractivity contribution in [1.82, 2.24) is 20.0 Å². The number of primary amides is 1. The van der Waals surface area contributed by atoms with Gasteiger partial charge in [0.2, 0.25) is 11.8 Å². The number of rotatable bonds is 6. The summed E-state index contributed by atoms with van der Waals surface area (Å²) in [4.78, 5) is 21.8. The highest BCUT2D eigenvalue weighted by atomic mass is 16.5. The number of nitrogens with two attached hydrogens (primary N) is 1. The molecule has 2 aromatic heterocycles. The molecule has 0 aliphatic carbocycles. The van der Waals surface area contributed by atoms with Crippen LogP contribution in [0.1, 0.15) is 23.2 Å². The molecule has 1 fully saturated rings. The van der Waals surface area contributed by atoms with Gasteiger partial charge in [0, 0.05) is 43.8 Å². The highest BCUT2D eigenvalue weighted by molar-refractivity contribution is 5.83. The molecular formula is C18H21N5O3. The molecule has 3 N–H and O–H groups in total. The van der Waals surface area contributed by atoms with Gasteiger partial charge in [0.25, 0.3) is 0 Å². The third-order valence-corrected chi connectivity index (χ3v) is 4.91. The first-order chi connectivity index (χ1) is 12.7. The van der Waals surface area contributed by atoms with Crippen molar-refractivity contribution in [2.24, 2.45) is 11.7 Å². The summed E-state index contributed by atoms with van der Waals surface area (Å²) in [7, 11) is 1.57. The van der Waals surface area contributed by atoms with Gasteiger partial charge >= 0.3 is 0 Å². The first-order valence-corrected chi connectivity index (χ1v) is 8.53. The largest absolute Gasteiger partial charge is 0.377 e. The number of carbonyl (C=O) groups excluding carboxylic acids is 1. The van der Waals surface area contributed by atoms with Crippen molar-refractivity contribution in [3.05, 3.63) is 47.7 Å². The zero-order valence-corrected chi connectivity index (χ0v) is 14.5. The van der Waals surface area contributed by atoms with Crippen LogP contribution in [-0.2, 0) is 22.7 Å². The lowest BCUT2D eigenvalue weighted by atomic mass is 9.95. The van der Waals surface area contributed by atoms with Crippen molar-refractivity contribution in [3.63, 3.8) is 0 Å². The van der Waals surface area contributed by atoms with Crippen molar-refractivity contribution >= 4 is 16.8 Å². The maximum absolute atomic E-state index is 12.0. The molecule has 3 aromatic rings. The molecule has 8 nitrogen and oxygen atoms in total. The number of nitrogens with one attached hydrogen (secondary N) is 1. The molecule has 4 rings (SSSR count). The summed E-state index contributed by atoms with van der Waals surface area (Å²) >= 11 is 0. The lowest BCUT2D eigenvalue weighted by Gasteiger charge is -2.16. The first kappa shape index (κ1) is 16.7. The Morgan fingerprint density at radius 1 is 1.42 bits per heavy atom. The summed E-state index contributed by atoms with van der Waals surface area (Å²) < 4.78 is 10.4. The van der Waals surface area contributed by atoms with E-state index in [0.29, 0.717) is 24.8 Å². The standard InChI is InChI=1S/C18H21N5O3/c1-25-10-16-21-18(26-22-16)14-9-23(8-13(14)17(19)24)7-11-3-2-4-15-12(11)5-6-20-15/h2-6,13-14,20H,7-10H2,1H3,(H2,19,24). The second-order valence-corrected chi connectivity index (χ2v) is 6.65. The number of carbonyl (C=O) groups is 1. The molecule has 2 unspecified atom stereocenters. The van der Waals surface area contributed by atoms with Gasteiger partial charge in [-0.15, -0.1) is 0 Å². The molecule has 0 spiro atoms. The summed E-state index contributed by atoms with van der Waals surface area (Å²) in [6.07, 6.45) is 1.93. The zero-order chi connectivity index (χ0) is 18.1. The highest BCUT2D eigenvalue weighted by Gasteiger charge is 2.40. The summed E-state index contributed by atoms with van der Waals surface area (Å²) in [5, 5.41) is 5.09. The van der Waals surface area contributed by atoms with Gasteiger partial charge in [-0.2, -0.15) is 4.98 Å². The Balaban J connectivity index is 1.55. The molecule has 0 radical (unpaired) electrons. The van der Waals surface area contributed by atoms with Gasteiger partial charge in [-0.3, -0.25) is 9.69 Å². The SMILES string of the molecule is COCc1noc(C2CN(Cc3cccc4[nH]ccc34)CC2C(N)=O)n1. The molecule has 136 valence electrons. The molecule has 1 aliphatic rings. The van der Waals surface area contributed by atoms with Crippen LogP contribution in [-0.4, -0.2) is 46.1 Å². The van der Waals surface area contributed by atoms with Gasteiger partial charge in [0.15, 0.2) is 5.82 Å². The summed E-state index contributed by atoms with van der Waals surface area (Å²) in [5.74, 6) is 0.0283. The van der Waals surface area contributed by atoms with Gasteiger partial charge in [0.1, 0.15) is 6.61 Å². The summed E-state index contributed by atoms with van der Waals surface area (Å²) in [6.45, 7) is 2.22. The van der Waals surface area contributed by atoms with Crippen molar-refractivity contribution in [3.8, 4) is 0 Å². The van der Waals surface area contributed by atoms with Crippen LogP contribution in [0, 0.1) is 5.92 Å². The topological polar surface area (TPSA) is 110 Å². The van der Waals surface area contributed by atoms with E-state index in [1.807, 2.05) is 18.3 Å². The number of aromatic amines is 1. The van der Waals surface area contributed by atoms with E-state index in [1.165, 1.54) is 10.9 Å². The second kappa shape index (κ2) is 6.89. The van der Waals surface area contributed by atoms with E-state index in [9.17, 15) is 4.79 Å². The monoisotopic (exact) mass is 355 g/mol. The number of hydrogen-bond donors (Lipinski definition) is 2. The van der Waals surface area contributed by atoms with E-state index in [1.54, 1.807) is 7.11 Å². The predicted molar refractivity (Wildman–Crippen MR) is 94.0 cm³/mol. The van der Waals surface area contributed by atoms with E-state index < -0.39 is 0 Å². The van der Waals surface area contributed by atoms with Gasteiger partial charge in [-0.1, -0.05) is 17.3 Å². The Kier molecular flexibility index (Phi) is 4.44. The van der Waals surface area contributed by atoms with Gasteiger partial charge in [-0.25, -0.2) is 0 Å². The van der Waals surface area contributed by atoms with Crippen LogP contribution in [0.15, 0.2) is 35.0 Å². The maximum Gasteiger partial charge on any atom is 0.231 e. The number of amides is 1. The molecule has 26 heavy (non-hydrogen) atoms. The molecule has 1 aliphatic heterocycles. The zero-order valence-electron chi connectivity index (χ0n) is 14.5. The molecule has 2 atom stereocenters. The molecule has 1 amide bonds. The van der Waals surface area contributed by atoms with E-state index in [0.717, 1.165) is 12.1 Å². The Morgan fingerprint density at radius 2 is 2.31 bits per heavy atom. The highest BCUT2D eigenvalue weighted by Crippen LogP contribution is 2.33. The number of nitrogens with zero attached hydrogens (tertiary/aromatic N) is 3. The number of methoxy groups -OCH3 is 1. The van der Waals surface area contributed by atoms with E-state index >= 15 is 0 Å². The fraction of sp³-hybridized carbons (Fsp3) is 0.389. The predicted octanol–water partition coefficient (Wildman–Crippen LogP) is 1.40. The van der Waals surface area contributed by atoms with Crippen LogP contribution in [0.2, 0.25) is 0 Å². The van der Waals surface area contributed by atoms with Crippen molar-refractivity contribution in [2.75, 3.05) is 20.2 Å². The average molecular weight is 355 g/mol. The minimum atomic E-state index is -0.351. The van der Waals surface area contributed by atoms with E-state index in [4.69, 9.17) is 15.0 Å². The second-order valence-electron chi connectivity index (χ2n) is 6.65. The number of likely N-dealkylation sites (tertiary alicyclic amines) is 1. The van der Waals surface area contributed by atoms with Crippen LogP contribution >= 0.6 is 0 Å². The fourth-order valence-electron chi connectivity index (χ4n) is 3.69. The van der Waals surface area contributed by atoms with Gasteiger partial charge < -0.3 is 20.0 Å². The third-order valence-electron chi connectivity index (χ3n) is 4.91. The van der Waals surface area contributed by atoms with Gasteiger partial charge in [-0.05, 0) is 17.7 Å². The van der Waals surface area contributed by atoms with E-state index in [2.05, 4.69) is 32.2 Å². The number of benzene rings is 1. The smallest absolute Gasteiger partial charge is 0.231 e. The Morgan fingerprint density at radius 3 is 3.12 bits per heavy atom. The van der Waals surface area contributed by atoms with Crippen LogP contribution in [0.3, 0.4) is 0 Å². The molecule has 0 bridgehead atoms. The summed E-state index contributed by atoms with van der Waals surface area (Å²) in [5.41, 5.74) is 7.94. The van der Waals surface area contributed by atoms with Gasteiger partial charge in [0.05, 0.1) is 11.8 Å². The Labute approximate surface area is 150 Å². The molecule has 1 saturated heterocycles. The lowest BCUT2D eigenvalue weighted by molar-refractivity contribution is -0.121. The minimum absolute atomic E-state index is 0.198. The van der Waals surface area contributed by atoms with Crippen LogP contribution in [0.4, 0.5) is 0 Å². The molecule has 0 saturated carbocycles. The molecule has 3 heterocycles. The lowest BCUT2D eigenvalue weighted by Crippen LogP contribution is -2.29. The van der Waals surface area contributed by atoms with Crippen LogP contribution < -0.4 is 5.73 Å². The molecular weight excluding hydrogens is 334 g/mol. The quantitative estimate of drug-likeness (QED) is 0.691. The maximum atomic E-state index is 12.0. The molecule has 1 aromatic carbocycles. The fourth-order valence-corrected chi connectivity index (χ4v) is 3.69. The summed E-state index contributed by atoms with van der Waals surface area (Å²) in [6, 6.07) is 8.25. The Bertz CT molecular complexity index is 918. The number of aromatic nitrogens is 3. The van der Waals surface area contributed by atoms with Crippen molar-refractivity contribution in [1.29, 1.82) is 0 Å². The number of ether oxygens (including phenoxy) is 1. The van der Waals surface area contributed by atoms with Crippen LogP contribution in [0.25, 0.3) is 10.9 Å². The number of fused-ring (bicyclic) bond motifs is 1. The normalized spacial score (nSPS) is 20.8. The molecule has 8 heteroatoms.